The Labute approximate surface area is 125 Å². The van der Waals surface area contributed by atoms with Gasteiger partial charge in [-0.1, -0.05) is 11.6 Å². The SMILES string of the molecule is O=Cc1cn(C2CCS(=O)(=O)C2)nc1-c1csc(Cl)c1. The largest absolute Gasteiger partial charge is 0.298 e. The fourth-order valence-corrected chi connectivity index (χ4v) is 4.89. The standard InChI is InChI=1S/C12H11ClN2O3S2/c13-11-3-8(6-19-11)12-9(5-16)4-15(14-12)10-1-2-20(17,18)7-10/h3-6,10H,1-2,7H2. The Morgan fingerprint density at radius 2 is 2.30 bits per heavy atom. The quantitative estimate of drug-likeness (QED) is 0.810. The van der Waals surface area contributed by atoms with Gasteiger partial charge in [0, 0.05) is 17.1 Å². The Bertz CT molecular complexity index is 764. The molecule has 1 atom stereocenters. The number of rotatable bonds is 3. The lowest BCUT2D eigenvalue weighted by atomic mass is 10.2. The number of carbonyl (C=O) groups excluding carboxylic acids is 1. The van der Waals surface area contributed by atoms with Crippen LogP contribution in [0.1, 0.15) is 22.8 Å². The van der Waals surface area contributed by atoms with E-state index in [0.717, 1.165) is 11.8 Å². The van der Waals surface area contributed by atoms with Crippen molar-refractivity contribution in [3.63, 3.8) is 0 Å². The zero-order chi connectivity index (χ0) is 14.3. The lowest BCUT2D eigenvalue weighted by Crippen LogP contribution is -2.11. The molecule has 0 aliphatic carbocycles. The van der Waals surface area contributed by atoms with Crippen LogP contribution in [0, 0.1) is 0 Å². The van der Waals surface area contributed by atoms with Crippen molar-refractivity contribution in [3.8, 4) is 11.3 Å². The molecule has 0 radical (unpaired) electrons. The molecule has 0 spiro atoms. The van der Waals surface area contributed by atoms with Gasteiger partial charge in [0.05, 0.1) is 27.4 Å². The van der Waals surface area contributed by atoms with E-state index in [1.165, 1.54) is 11.3 Å². The summed E-state index contributed by atoms with van der Waals surface area (Å²) in [5.41, 5.74) is 1.78. The Kier molecular flexibility index (Phi) is 3.43. The number of hydrogen-bond acceptors (Lipinski definition) is 5. The summed E-state index contributed by atoms with van der Waals surface area (Å²) in [4.78, 5) is 11.2. The molecule has 1 fully saturated rings. The summed E-state index contributed by atoms with van der Waals surface area (Å²) >= 11 is 7.26. The van der Waals surface area contributed by atoms with Crippen LogP contribution in [0.5, 0.6) is 0 Å². The molecule has 0 saturated carbocycles. The topological polar surface area (TPSA) is 69.0 Å². The number of aromatic nitrogens is 2. The minimum atomic E-state index is -2.98. The first kappa shape index (κ1) is 13.8. The molecule has 1 saturated heterocycles. The number of nitrogens with zero attached hydrogens (tertiary/aromatic N) is 2. The molecule has 2 aromatic heterocycles. The summed E-state index contributed by atoms with van der Waals surface area (Å²) in [7, 11) is -2.98. The molecule has 5 nitrogen and oxygen atoms in total. The van der Waals surface area contributed by atoms with Crippen molar-refractivity contribution in [2.24, 2.45) is 0 Å². The fourth-order valence-electron chi connectivity index (χ4n) is 2.32. The summed E-state index contributed by atoms with van der Waals surface area (Å²) in [6.07, 6.45) is 2.87. The number of aldehydes is 1. The average molecular weight is 331 g/mol. The van der Waals surface area contributed by atoms with Crippen molar-refractivity contribution in [2.45, 2.75) is 12.5 Å². The lowest BCUT2D eigenvalue weighted by molar-refractivity contribution is 0.112. The van der Waals surface area contributed by atoms with Gasteiger partial charge < -0.3 is 0 Å². The second kappa shape index (κ2) is 4.98. The Balaban J connectivity index is 1.99. The van der Waals surface area contributed by atoms with Gasteiger partial charge in [0.15, 0.2) is 16.1 Å². The van der Waals surface area contributed by atoms with E-state index < -0.39 is 9.84 Å². The van der Waals surface area contributed by atoms with Crippen LogP contribution in [0.2, 0.25) is 4.34 Å². The number of carbonyl (C=O) groups is 1. The first-order valence-corrected chi connectivity index (χ1v) is 9.05. The van der Waals surface area contributed by atoms with E-state index in [2.05, 4.69) is 5.10 Å². The molecule has 1 aliphatic heterocycles. The van der Waals surface area contributed by atoms with E-state index in [-0.39, 0.29) is 17.5 Å². The highest BCUT2D eigenvalue weighted by Gasteiger charge is 2.30. The van der Waals surface area contributed by atoms with Crippen LogP contribution < -0.4 is 0 Å². The third-order valence-electron chi connectivity index (χ3n) is 3.31. The molecular weight excluding hydrogens is 320 g/mol. The van der Waals surface area contributed by atoms with Gasteiger partial charge in [-0.15, -0.1) is 11.3 Å². The van der Waals surface area contributed by atoms with Crippen LogP contribution >= 0.6 is 22.9 Å². The van der Waals surface area contributed by atoms with Gasteiger partial charge >= 0.3 is 0 Å². The molecule has 2 aromatic rings. The minimum Gasteiger partial charge on any atom is -0.298 e. The highest BCUT2D eigenvalue weighted by molar-refractivity contribution is 7.91. The fraction of sp³-hybridized carbons (Fsp3) is 0.333. The van der Waals surface area contributed by atoms with Crippen LogP contribution in [0.25, 0.3) is 11.3 Å². The number of sulfone groups is 1. The number of hydrogen-bond donors (Lipinski definition) is 0. The van der Waals surface area contributed by atoms with Crippen LogP contribution in [-0.4, -0.2) is 36.0 Å². The zero-order valence-electron chi connectivity index (χ0n) is 10.3. The molecule has 1 unspecified atom stereocenters. The van der Waals surface area contributed by atoms with E-state index in [4.69, 9.17) is 11.6 Å². The van der Waals surface area contributed by atoms with Crippen molar-refractivity contribution < 1.29 is 13.2 Å². The maximum atomic E-state index is 11.5. The highest BCUT2D eigenvalue weighted by atomic mass is 35.5. The molecule has 0 amide bonds. The molecule has 106 valence electrons. The summed E-state index contributed by atoms with van der Waals surface area (Å²) < 4.78 is 25.3. The van der Waals surface area contributed by atoms with E-state index in [0.29, 0.717) is 22.0 Å². The van der Waals surface area contributed by atoms with Gasteiger partial charge in [0.2, 0.25) is 0 Å². The van der Waals surface area contributed by atoms with Gasteiger partial charge in [-0.3, -0.25) is 9.48 Å². The molecule has 3 heterocycles. The minimum absolute atomic E-state index is 0.0802. The molecular formula is C12H11ClN2O3S2. The second-order valence-corrected chi connectivity index (χ2v) is 8.50. The Morgan fingerprint density at radius 1 is 1.50 bits per heavy atom. The first-order valence-electron chi connectivity index (χ1n) is 5.98. The monoisotopic (exact) mass is 330 g/mol. The zero-order valence-corrected chi connectivity index (χ0v) is 12.7. The maximum Gasteiger partial charge on any atom is 0.153 e. The highest BCUT2D eigenvalue weighted by Crippen LogP contribution is 2.31. The molecule has 1 aliphatic rings. The maximum absolute atomic E-state index is 11.5. The number of halogens is 1. The summed E-state index contributed by atoms with van der Waals surface area (Å²) in [6, 6.07) is 1.55. The summed E-state index contributed by atoms with van der Waals surface area (Å²) in [5, 5.41) is 6.21. The third-order valence-corrected chi connectivity index (χ3v) is 6.15. The smallest absolute Gasteiger partial charge is 0.153 e. The van der Waals surface area contributed by atoms with Crippen LogP contribution in [0.3, 0.4) is 0 Å². The van der Waals surface area contributed by atoms with Crippen molar-refractivity contribution >= 4 is 39.1 Å². The van der Waals surface area contributed by atoms with Crippen LogP contribution in [0.15, 0.2) is 17.6 Å². The second-order valence-electron chi connectivity index (χ2n) is 4.73. The van der Waals surface area contributed by atoms with E-state index in [1.54, 1.807) is 16.9 Å². The molecule has 20 heavy (non-hydrogen) atoms. The normalized spacial score (nSPS) is 21.1. The van der Waals surface area contributed by atoms with Crippen LogP contribution in [0.4, 0.5) is 0 Å². The van der Waals surface area contributed by atoms with Gasteiger partial charge in [-0.05, 0) is 12.5 Å². The number of thiophene rings is 1. The first-order chi connectivity index (χ1) is 9.48. The van der Waals surface area contributed by atoms with Crippen molar-refractivity contribution in [2.75, 3.05) is 11.5 Å². The van der Waals surface area contributed by atoms with Gasteiger partial charge in [-0.25, -0.2) is 8.42 Å². The van der Waals surface area contributed by atoms with E-state index in [1.807, 2.05) is 5.38 Å². The molecule has 0 bridgehead atoms. The summed E-state index contributed by atoms with van der Waals surface area (Å²) in [5.74, 6) is 0.254. The van der Waals surface area contributed by atoms with E-state index >= 15 is 0 Å². The van der Waals surface area contributed by atoms with Gasteiger partial charge in [-0.2, -0.15) is 5.10 Å². The van der Waals surface area contributed by atoms with Crippen molar-refractivity contribution in [3.05, 3.63) is 27.5 Å². The molecule has 3 rings (SSSR count). The lowest BCUT2D eigenvalue weighted by Gasteiger charge is -2.07. The molecule has 0 N–H and O–H groups in total. The van der Waals surface area contributed by atoms with Crippen molar-refractivity contribution in [1.29, 1.82) is 0 Å². The van der Waals surface area contributed by atoms with Crippen molar-refractivity contribution in [1.82, 2.24) is 9.78 Å². The molecule has 8 heteroatoms. The average Bonchev–Trinajstić information content (AvgIpc) is 3.06. The molecule has 0 aromatic carbocycles. The predicted octanol–water partition coefficient (Wildman–Crippen LogP) is 2.44. The van der Waals surface area contributed by atoms with Gasteiger partial charge in [0.1, 0.15) is 5.69 Å². The Morgan fingerprint density at radius 3 is 2.85 bits per heavy atom. The Hall–Kier alpha value is -1.18. The predicted molar refractivity (Wildman–Crippen MR) is 78.2 cm³/mol. The van der Waals surface area contributed by atoms with Crippen LogP contribution in [-0.2, 0) is 9.84 Å². The third kappa shape index (κ3) is 2.53. The summed E-state index contributed by atoms with van der Waals surface area (Å²) in [6.45, 7) is 0. The van der Waals surface area contributed by atoms with Gasteiger partial charge in [0.25, 0.3) is 0 Å². The van der Waals surface area contributed by atoms with E-state index in [9.17, 15) is 13.2 Å².